The lowest BCUT2D eigenvalue weighted by Crippen LogP contribution is -2.19. The van der Waals surface area contributed by atoms with Gasteiger partial charge in [0.25, 0.3) is 0 Å². The summed E-state index contributed by atoms with van der Waals surface area (Å²) in [6.45, 7) is 0. The second kappa shape index (κ2) is 7.19. The predicted molar refractivity (Wildman–Crippen MR) is 93.7 cm³/mol. The summed E-state index contributed by atoms with van der Waals surface area (Å²) < 4.78 is 5.69. The van der Waals surface area contributed by atoms with E-state index < -0.39 is 6.03 Å². The second-order valence-electron chi connectivity index (χ2n) is 5.04. The summed E-state index contributed by atoms with van der Waals surface area (Å²) in [5.41, 5.74) is 0.961. The molecule has 0 fully saturated rings. The van der Waals surface area contributed by atoms with E-state index in [0.29, 0.717) is 17.1 Å². The Labute approximate surface area is 139 Å². The van der Waals surface area contributed by atoms with Crippen LogP contribution in [0.25, 0.3) is 0 Å². The zero-order valence-corrected chi connectivity index (χ0v) is 12.8. The fourth-order valence-corrected chi connectivity index (χ4v) is 2.09. The van der Waals surface area contributed by atoms with E-state index in [1.165, 1.54) is 6.07 Å². The first-order valence-electron chi connectivity index (χ1n) is 7.40. The van der Waals surface area contributed by atoms with Crippen molar-refractivity contribution in [1.29, 1.82) is 0 Å². The second-order valence-corrected chi connectivity index (χ2v) is 5.04. The van der Waals surface area contributed by atoms with Crippen molar-refractivity contribution in [1.82, 2.24) is 0 Å². The van der Waals surface area contributed by atoms with E-state index in [4.69, 9.17) is 4.74 Å². The summed E-state index contributed by atoms with van der Waals surface area (Å²) in [5.74, 6) is 1.43. The third kappa shape index (κ3) is 4.04. The van der Waals surface area contributed by atoms with Crippen LogP contribution in [0.2, 0.25) is 0 Å². The number of phenols is 1. The zero-order valence-electron chi connectivity index (χ0n) is 12.8. The van der Waals surface area contributed by atoms with E-state index in [-0.39, 0.29) is 5.75 Å². The van der Waals surface area contributed by atoms with Gasteiger partial charge in [0, 0.05) is 5.69 Å². The van der Waals surface area contributed by atoms with E-state index in [0.717, 1.165) is 5.75 Å². The molecule has 3 rings (SSSR count). The van der Waals surface area contributed by atoms with Crippen molar-refractivity contribution in [2.75, 3.05) is 10.6 Å². The molecule has 0 spiro atoms. The van der Waals surface area contributed by atoms with Crippen LogP contribution in [0.5, 0.6) is 17.2 Å². The molecule has 0 heterocycles. The van der Waals surface area contributed by atoms with E-state index >= 15 is 0 Å². The summed E-state index contributed by atoms with van der Waals surface area (Å²) in [6, 6.07) is 22.6. The molecule has 3 aromatic rings. The first-order chi connectivity index (χ1) is 11.7. The molecule has 120 valence electrons. The Bertz CT molecular complexity index is 818. The van der Waals surface area contributed by atoms with E-state index in [1.807, 2.05) is 30.3 Å². The summed E-state index contributed by atoms with van der Waals surface area (Å²) in [7, 11) is 0. The number of para-hydroxylation sites is 3. The molecule has 5 heteroatoms. The highest BCUT2D eigenvalue weighted by Crippen LogP contribution is 2.24. The van der Waals surface area contributed by atoms with Gasteiger partial charge in [-0.15, -0.1) is 0 Å². The van der Waals surface area contributed by atoms with Crippen LogP contribution in [0.15, 0.2) is 78.9 Å². The fraction of sp³-hybridized carbons (Fsp3) is 0. The van der Waals surface area contributed by atoms with Crippen molar-refractivity contribution in [2.24, 2.45) is 0 Å². The van der Waals surface area contributed by atoms with Crippen LogP contribution in [-0.4, -0.2) is 11.1 Å². The average Bonchev–Trinajstić information content (AvgIpc) is 2.60. The maximum absolute atomic E-state index is 11.9. The molecule has 0 unspecified atom stereocenters. The number of nitrogens with one attached hydrogen (secondary N) is 2. The SMILES string of the molecule is O=C(Nc1ccc(Oc2ccccc2)cc1)Nc1ccccc1O. The van der Waals surface area contributed by atoms with Gasteiger partial charge in [-0.3, -0.25) is 0 Å². The smallest absolute Gasteiger partial charge is 0.323 e. The first-order valence-corrected chi connectivity index (χ1v) is 7.40. The van der Waals surface area contributed by atoms with Gasteiger partial charge in [-0.1, -0.05) is 30.3 Å². The zero-order chi connectivity index (χ0) is 16.8. The lowest BCUT2D eigenvalue weighted by molar-refractivity contribution is 0.262. The number of hydrogen-bond donors (Lipinski definition) is 3. The number of phenolic OH excluding ortho intramolecular Hbond substituents is 1. The van der Waals surface area contributed by atoms with Gasteiger partial charge in [0.15, 0.2) is 0 Å². The van der Waals surface area contributed by atoms with Crippen molar-refractivity contribution in [3.8, 4) is 17.2 Å². The molecular weight excluding hydrogens is 304 g/mol. The van der Waals surface area contributed by atoms with Crippen LogP contribution in [0.3, 0.4) is 0 Å². The van der Waals surface area contributed by atoms with Crippen LogP contribution in [-0.2, 0) is 0 Å². The van der Waals surface area contributed by atoms with Gasteiger partial charge in [0.1, 0.15) is 17.2 Å². The highest BCUT2D eigenvalue weighted by atomic mass is 16.5. The number of carbonyl (C=O) groups excluding carboxylic acids is 1. The molecule has 0 aliphatic carbocycles. The monoisotopic (exact) mass is 320 g/mol. The van der Waals surface area contributed by atoms with Crippen LogP contribution < -0.4 is 15.4 Å². The highest BCUT2D eigenvalue weighted by Gasteiger charge is 2.06. The topological polar surface area (TPSA) is 70.6 Å². The molecule has 0 saturated heterocycles. The Kier molecular flexibility index (Phi) is 4.62. The molecule has 0 atom stereocenters. The predicted octanol–water partition coefficient (Wildman–Crippen LogP) is 4.83. The molecule has 0 saturated carbocycles. The Morgan fingerprint density at radius 1 is 0.750 bits per heavy atom. The molecule has 24 heavy (non-hydrogen) atoms. The van der Waals surface area contributed by atoms with Gasteiger partial charge in [-0.25, -0.2) is 4.79 Å². The lowest BCUT2D eigenvalue weighted by atomic mass is 10.3. The number of hydrogen-bond acceptors (Lipinski definition) is 3. The Hall–Kier alpha value is -3.47. The van der Waals surface area contributed by atoms with Crippen LogP contribution >= 0.6 is 0 Å². The number of carbonyl (C=O) groups is 1. The summed E-state index contributed by atoms with van der Waals surface area (Å²) in [6.07, 6.45) is 0. The molecule has 0 aliphatic rings. The minimum Gasteiger partial charge on any atom is -0.506 e. The van der Waals surface area contributed by atoms with E-state index in [1.54, 1.807) is 42.5 Å². The van der Waals surface area contributed by atoms with Gasteiger partial charge in [0.2, 0.25) is 0 Å². The largest absolute Gasteiger partial charge is 0.506 e. The minimum atomic E-state index is -0.437. The van der Waals surface area contributed by atoms with Gasteiger partial charge in [-0.05, 0) is 48.5 Å². The molecule has 0 radical (unpaired) electrons. The van der Waals surface area contributed by atoms with Crippen molar-refractivity contribution in [2.45, 2.75) is 0 Å². The number of aromatic hydroxyl groups is 1. The van der Waals surface area contributed by atoms with E-state index in [9.17, 15) is 9.90 Å². The lowest BCUT2D eigenvalue weighted by Gasteiger charge is -2.10. The molecular formula is C19H16N2O3. The number of anilines is 2. The van der Waals surface area contributed by atoms with Crippen molar-refractivity contribution in [3.63, 3.8) is 0 Å². The third-order valence-corrected chi connectivity index (χ3v) is 3.24. The molecule has 3 aromatic carbocycles. The number of urea groups is 1. The third-order valence-electron chi connectivity index (χ3n) is 3.24. The summed E-state index contributed by atoms with van der Waals surface area (Å²) >= 11 is 0. The van der Waals surface area contributed by atoms with Crippen molar-refractivity contribution in [3.05, 3.63) is 78.9 Å². The molecule has 2 amide bonds. The van der Waals surface area contributed by atoms with Crippen molar-refractivity contribution < 1.29 is 14.6 Å². The Morgan fingerprint density at radius 3 is 2.08 bits per heavy atom. The molecule has 0 aliphatic heterocycles. The van der Waals surface area contributed by atoms with E-state index in [2.05, 4.69) is 10.6 Å². The molecule has 5 nitrogen and oxygen atoms in total. The summed E-state index contributed by atoms with van der Waals surface area (Å²) in [4.78, 5) is 11.9. The number of benzene rings is 3. The number of ether oxygens (including phenoxy) is 1. The number of amides is 2. The minimum absolute atomic E-state index is 0.0132. The van der Waals surface area contributed by atoms with Crippen LogP contribution in [0, 0.1) is 0 Å². The molecule has 0 bridgehead atoms. The molecule has 3 N–H and O–H groups in total. The first kappa shape index (κ1) is 15.4. The summed E-state index contributed by atoms with van der Waals surface area (Å²) in [5, 5.41) is 14.9. The van der Waals surface area contributed by atoms with Gasteiger partial charge in [0.05, 0.1) is 5.69 Å². The van der Waals surface area contributed by atoms with Crippen molar-refractivity contribution >= 4 is 17.4 Å². The molecule has 0 aromatic heterocycles. The standard InChI is InChI=1S/C19H16N2O3/c22-18-9-5-4-8-17(18)21-19(23)20-14-10-12-16(13-11-14)24-15-6-2-1-3-7-15/h1-13,22H,(H2,20,21,23). The van der Waals surface area contributed by atoms with Gasteiger partial charge >= 0.3 is 6.03 Å². The van der Waals surface area contributed by atoms with Crippen LogP contribution in [0.4, 0.5) is 16.2 Å². The normalized spacial score (nSPS) is 10.0. The number of rotatable bonds is 4. The van der Waals surface area contributed by atoms with Crippen LogP contribution in [0.1, 0.15) is 0 Å². The fourth-order valence-electron chi connectivity index (χ4n) is 2.09. The Morgan fingerprint density at radius 2 is 1.38 bits per heavy atom. The Balaban J connectivity index is 1.60. The van der Waals surface area contributed by atoms with Gasteiger partial charge < -0.3 is 20.5 Å². The average molecular weight is 320 g/mol. The maximum Gasteiger partial charge on any atom is 0.323 e. The maximum atomic E-state index is 11.9. The highest BCUT2D eigenvalue weighted by molar-refractivity contribution is 6.00. The van der Waals surface area contributed by atoms with Gasteiger partial charge in [-0.2, -0.15) is 0 Å². The quantitative estimate of drug-likeness (QED) is 0.603.